The smallest absolute Gasteiger partial charge is 0.409 e. The highest BCUT2D eigenvalue weighted by Crippen LogP contribution is 2.31. The number of carbonyl (C=O) groups excluding carboxylic acids is 1. The number of methoxy groups -OCH3 is 1. The number of aromatic hydroxyl groups is 1. The maximum atomic E-state index is 12.0. The third kappa shape index (κ3) is 7.43. The summed E-state index contributed by atoms with van der Waals surface area (Å²) in [5.74, 6) is -1.21. The minimum absolute atomic E-state index is 0. The van der Waals surface area contributed by atoms with Gasteiger partial charge >= 0.3 is 12.1 Å². The van der Waals surface area contributed by atoms with Crippen LogP contribution in [0.2, 0.25) is 0 Å². The SMILES string of the molecule is CNCCN(C)C(=O)OCc1ccc(N=Nc2ccc(O)c(C(=O)O)c2)c(OC)c1.Cl. The molecule has 0 radical (unpaired) electrons. The number of azo groups is 1. The average molecular weight is 453 g/mol. The van der Waals surface area contributed by atoms with Crippen LogP contribution in [0.15, 0.2) is 46.6 Å². The highest BCUT2D eigenvalue weighted by molar-refractivity contribution is 5.91. The zero-order valence-corrected chi connectivity index (χ0v) is 18.2. The van der Waals surface area contributed by atoms with Crippen molar-refractivity contribution in [1.82, 2.24) is 10.2 Å². The number of carbonyl (C=O) groups is 2. The van der Waals surface area contributed by atoms with Crippen LogP contribution < -0.4 is 10.1 Å². The van der Waals surface area contributed by atoms with Crippen LogP contribution in [0, 0.1) is 0 Å². The first-order valence-corrected chi connectivity index (χ1v) is 9.03. The second-order valence-corrected chi connectivity index (χ2v) is 6.29. The quantitative estimate of drug-likeness (QED) is 0.493. The maximum absolute atomic E-state index is 12.0. The molecule has 0 unspecified atom stereocenters. The summed E-state index contributed by atoms with van der Waals surface area (Å²) in [6, 6.07) is 8.93. The van der Waals surface area contributed by atoms with E-state index < -0.39 is 12.1 Å². The van der Waals surface area contributed by atoms with Gasteiger partial charge in [-0.1, -0.05) is 6.07 Å². The number of hydrogen-bond acceptors (Lipinski definition) is 8. The third-order valence-electron chi connectivity index (χ3n) is 4.10. The Morgan fingerprint density at radius 2 is 1.90 bits per heavy atom. The second-order valence-electron chi connectivity index (χ2n) is 6.29. The molecule has 0 saturated carbocycles. The first-order chi connectivity index (χ1) is 14.3. The highest BCUT2D eigenvalue weighted by Gasteiger charge is 2.12. The number of hydrogen-bond donors (Lipinski definition) is 3. The summed E-state index contributed by atoms with van der Waals surface area (Å²) in [6.07, 6.45) is -0.436. The van der Waals surface area contributed by atoms with E-state index in [0.717, 1.165) is 0 Å². The molecule has 2 rings (SSSR count). The van der Waals surface area contributed by atoms with Gasteiger partial charge in [0.2, 0.25) is 0 Å². The van der Waals surface area contributed by atoms with Crippen LogP contribution in [0.5, 0.6) is 11.5 Å². The van der Waals surface area contributed by atoms with Gasteiger partial charge < -0.3 is 29.9 Å². The van der Waals surface area contributed by atoms with E-state index in [1.54, 1.807) is 32.3 Å². The average Bonchev–Trinajstić information content (AvgIpc) is 2.75. The Morgan fingerprint density at radius 1 is 1.16 bits per heavy atom. The van der Waals surface area contributed by atoms with Gasteiger partial charge in [0, 0.05) is 20.1 Å². The van der Waals surface area contributed by atoms with E-state index in [9.17, 15) is 14.7 Å². The van der Waals surface area contributed by atoms with Crippen LogP contribution in [0.1, 0.15) is 15.9 Å². The van der Waals surface area contributed by atoms with Crippen molar-refractivity contribution in [2.24, 2.45) is 10.2 Å². The number of carboxylic acid groups (broad SMARTS) is 1. The molecule has 0 aliphatic rings. The predicted octanol–water partition coefficient (Wildman–Crippen LogP) is 3.72. The number of ether oxygens (including phenoxy) is 2. The van der Waals surface area contributed by atoms with E-state index in [2.05, 4.69) is 15.5 Å². The maximum Gasteiger partial charge on any atom is 0.409 e. The number of aromatic carboxylic acids is 1. The van der Waals surface area contributed by atoms with Crippen molar-refractivity contribution in [2.75, 3.05) is 34.3 Å². The van der Waals surface area contributed by atoms with Crippen molar-refractivity contribution in [2.45, 2.75) is 6.61 Å². The van der Waals surface area contributed by atoms with Crippen LogP contribution in [-0.2, 0) is 11.3 Å². The minimum atomic E-state index is -1.27. The van der Waals surface area contributed by atoms with Crippen LogP contribution in [0.4, 0.5) is 16.2 Å². The van der Waals surface area contributed by atoms with Crippen molar-refractivity contribution in [1.29, 1.82) is 0 Å². The van der Waals surface area contributed by atoms with E-state index in [0.29, 0.717) is 30.1 Å². The summed E-state index contributed by atoms with van der Waals surface area (Å²) in [7, 11) is 4.93. The predicted molar refractivity (Wildman–Crippen MR) is 116 cm³/mol. The first kappa shape index (κ1) is 25.7. The molecular weight excluding hydrogens is 428 g/mol. The van der Waals surface area contributed by atoms with Crippen molar-refractivity contribution in [3.63, 3.8) is 0 Å². The Bertz CT molecular complexity index is 938. The number of likely N-dealkylation sites (N-methyl/N-ethyl adjacent to an activating group) is 2. The van der Waals surface area contributed by atoms with E-state index in [1.807, 2.05) is 0 Å². The van der Waals surface area contributed by atoms with Gasteiger partial charge in [0.1, 0.15) is 29.4 Å². The molecule has 0 aromatic heterocycles. The van der Waals surface area contributed by atoms with Gasteiger partial charge in [-0.15, -0.1) is 17.5 Å². The van der Waals surface area contributed by atoms with Crippen molar-refractivity contribution in [3.8, 4) is 11.5 Å². The lowest BCUT2D eigenvalue weighted by Gasteiger charge is -2.16. The van der Waals surface area contributed by atoms with E-state index in [-0.39, 0.29) is 36.0 Å². The molecular formula is C20H25ClN4O6. The lowest BCUT2D eigenvalue weighted by Crippen LogP contribution is -2.33. The molecule has 0 spiro atoms. The third-order valence-corrected chi connectivity index (χ3v) is 4.10. The molecule has 0 aliphatic heterocycles. The largest absolute Gasteiger partial charge is 0.507 e. The molecule has 0 saturated heterocycles. The Labute approximate surface area is 185 Å². The topological polar surface area (TPSA) is 133 Å². The lowest BCUT2D eigenvalue weighted by atomic mass is 10.2. The van der Waals surface area contributed by atoms with Gasteiger partial charge in [-0.2, -0.15) is 5.11 Å². The Morgan fingerprint density at radius 3 is 2.55 bits per heavy atom. The Hall–Kier alpha value is -3.37. The summed E-state index contributed by atoms with van der Waals surface area (Å²) in [4.78, 5) is 24.5. The number of benzene rings is 2. The number of nitrogens with zero attached hydrogens (tertiary/aromatic N) is 3. The van der Waals surface area contributed by atoms with E-state index in [4.69, 9.17) is 14.6 Å². The number of carboxylic acids is 1. The number of amides is 1. The molecule has 0 aliphatic carbocycles. The molecule has 10 nitrogen and oxygen atoms in total. The fourth-order valence-corrected chi connectivity index (χ4v) is 2.39. The normalized spacial score (nSPS) is 10.4. The minimum Gasteiger partial charge on any atom is -0.507 e. The molecule has 0 atom stereocenters. The summed E-state index contributed by atoms with van der Waals surface area (Å²) in [6.45, 7) is 1.25. The van der Waals surface area contributed by atoms with Crippen LogP contribution >= 0.6 is 12.4 Å². The number of phenols is 1. The lowest BCUT2D eigenvalue weighted by molar-refractivity contribution is 0.0693. The van der Waals surface area contributed by atoms with Crippen LogP contribution in [-0.4, -0.2) is 61.5 Å². The molecule has 0 fully saturated rings. The molecule has 168 valence electrons. The second kappa shape index (κ2) is 12.4. The van der Waals surface area contributed by atoms with Gasteiger partial charge in [-0.3, -0.25) is 0 Å². The molecule has 0 heterocycles. The Balaban J connectivity index is 0.00000480. The zero-order chi connectivity index (χ0) is 22.1. The van der Waals surface area contributed by atoms with Gasteiger partial charge in [-0.05, 0) is 42.9 Å². The molecule has 31 heavy (non-hydrogen) atoms. The van der Waals surface area contributed by atoms with Crippen LogP contribution in [0.25, 0.3) is 0 Å². The molecule has 0 bridgehead atoms. The molecule has 11 heteroatoms. The molecule has 2 aromatic carbocycles. The van der Waals surface area contributed by atoms with Crippen molar-refractivity contribution >= 4 is 35.8 Å². The van der Waals surface area contributed by atoms with E-state index in [1.165, 1.54) is 30.2 Å². The summed E-state index contributed by atoms with van der Waals surface area (Å²) >= 11 is 0. The summed E-state index contributed by atoms with van der Waals surface area (Å²) < 4.78 is 10.6. The Kier molecular flexibility index (Phi) is 10.2. The summed E-state index contributed by atoms with van der Waals surface area (Å²) in [5.41, 5.74) is 1.10. The summed E-state index contributed by atoms with van der Waals surface area (Å²) in [5, 5.41) is 29.6. The molecule has 3 N–H and O–H groups in total. The highest BCUT2D eigenvalue weighted by atomic mass is 35.5. The van der Waals surface area contributed by atoms with Gasteiger partial charge in [0.05, 0.1) is 12.8 Å². The zero-order valence-electron chi connectivity index (χ0n) is 17.4. The molecule has 1 amide bonds. The first-order valence-electron chi connectivity index (χ1n) is 9.03. The number of halogens is 1. The van der Waals surface area contributed by atoms with Crippen molar-refractivity contribution < 1.29 is 29.3 Å². The van der Waals surface area contributed by atoms with Gasteiger partial charge in [0.15, 0.2) is 0 Å². The van der Waals surface area contributed by atoms with Gasteiger partial charge in [-0.25, -0.2) is 9.59 Å². The fourth-order valence-electron chi connectivity index (χ4n) is 2.39. The molecule has 2 aromatic rings. The monoisotopic (exact) mass is 452 g/mol. The van der Waals surface area contributed by atoms with Gasteiger partial charge in [0.25, 0.3) is 0 Å². The number of rotatable bonds is 9. The van der Waals surface area contributed by atoms with E-state index >= 15 is 0 Å². The fraction of sp³-hybridized carbons (Fsp3) is 0.300. The van der Waals surface area contributed by atoms with Crippen LogP contribution in [0.3, 0.4) is 0 Å². The number of nitrogens with one attached hydrogen (secondary N) is 1. The van der Waals surface area contributed by atoms with Crippen molar-refractivity contribution in [3.05, 3.63) is 47.5 Å². The standard InChI is InChI=1S/C20H24N4O6.ClH/c1-21-8-9-24(2)20(28)30-12-13-4-6-16(18(10-13)29-3)23-22-14-5-7-17(25)15(11-14)19(26)27;/h4-7,10-11,21,25H,8-9,12H2,1-3H3,(H,26,27);1H.